The number of aromatic nitrogens is 2. The van der Waals surface area contributed by atoms with E-state index in [2.05, 4.69) is 61.3 Å². The van der Waals surface area contributed by atoms with Crippen molar-refractivity contribution in [3.63, 3.8) is 0 Å². The minimum atomic E-state index is 0.775. The average molecular weight is 371 g/mol. The van der Waals surface area contributed by atoms with Crippen LogP contribution >= 0.6 is 23.2 Å². The first-order valence-electron chi connectivity index (χ1n) is 8.35. The van der Waals surface area contributed by atoms with E-state index in [0.717, 1.165) is 16.5 Å². The van der Waals surface area contributed by atoms with Crippen LogP contribution in [0, 0.1) is 13.8 Å². The van der Waals surface area contributed by atoms with Gasteiger partial charge in [-0.1, -0.05) is 23.2 Å². The average Bonchev–Trinajstić information content (AvgIpc) is 2.95. The molecule has 0 saturated carbocycles. The second-order valence-corrected chi connectivity index (χ2v) is 7.62. The third-order valence-corrected chi connectivity index (χ3v) is 5.99. The van der Waals surface area contributed by atoms with Gasteiger partial charge in [-0.05, 0) is 61.4 Å². The summed E-state index contributed by atoms with van der Waals surface area (Å²) in [4.78, 5) is 0. The molecular formula is C21H20Cl2N2. The predicted molar refractivity (Wildman–Crippen MR) is 108 cm³/mol. The maximum atomic E-state index is 6.28. The molecule has 0 aliphatic heterocycles. The zero-order chi connectivity index (χ0) is 17.9. The van der Waals surface area contributed by atoms with Crippen LogP contribution in [0.4, 0.5) is 0 Å². The Morgan fingerprint density at radius 1 is 0.720 bits per heavy atom. The predicted octanol–water partition coefficient (Wildman–Crippen LogP) is 6.18. The lowest BCUT2D eigenvalue weighted by Gasteiger charge is -2.05. The molecule has 0 spiro atoms. The van der Waals surface area contributed by atoms with Crippen LogP contribution < -0.4 is 0 Å². The maximum absolute atomic E-state index is 6.28. The third kappa shape index (κ3) is 2.47. The monoisotopic (exact) mass is 370 g/mol. The van der Waals surface area contributed by atoms with E-state index in [1.54, 1.807) is 0 Å². The van der Waals surface area contributed by atoms with Crippen molar-refractivity contribution in [3.8, 4) is 0 Å². The fourth-order valence-electron chi connectivity index (χ4n) is 3.86. The van der Waals surface area contributed by atoms with Crippen molar-refractivity contribution in [3.05, 3.63) is 69.0 Å². The highest BCUT2D eigenvalue weighted by Gasteiger charge is 2.18. The van der Waals surface area contributed by atoms with Crippen molar-refractivity contribution < 1.29 is 0 Å². The topological polar surface area (TPSA) is 9.86 Å². The summed E-state index contributed by atoms with van der Waals surface area (Å²) in [5.74, 6) is 0. The minimum Gasteiger partial charge on any atom is -0.348 e. The second kappa shape index (κ2) is 5.82. The molecule has 4 heteroatoms. The van der Waals surface area contributed by atoms with Gasteiger partial charge in [0.15, 0.2) is 0 Å². The molecule has 2 aromatic heterocycles. The molecule has 0 amide bonds. The number of aryl methyl sites for hydroxylation is 2. The Balaban J connectivity index is 1.98. The first kappa shape index (κ1) is 16.6. The van der Waals surface area contributed by atoms with Gasteiger partial charge in [-0.2, -0.15) is 0 Å². The molecule has 2 heterocycles. The van der Waals surface area contributed by atoms with Crippen molar-refractivity contribution in [2.75, 3.05) is 0 Å². The van der Waals surface area contributed by atoms with Gasteiger partial charge >= 0.3 is 0 Å². The fraction of sp³-hybridized carbons (Fsp3) is 0.238. The minimum absolute atomic E-state index is 0.775. The SMILES string of the molecule is Cc1c(Cc2c(C)n(C)c3ccc(Cl)cc23)c2cc(Cl)ccc2n1C. The summed E-state index contributed by atoms with van der Waals surface area (Å²) in [7, 11) is 4.23. The zero-order valence-electron chi connectivity index (χ0n) is 14.8. The van der Waals surface area contributed by atoms with Gasteiger partial charge in [0.2, 0.25) is 0 Å². The Kier molecular flexibility index (Phi) is 3.86. The lowest BCUT2D eigenvalue weighted by Crippen LogP contribution is -1.96. The molecule has 4 aromatic rings. The molecule has 0 N–H and O–H groups in total. The molecule has 0 bridgehead atoms. The van der Waals surface area contributed by atoms with Gasteiger partial charge in [-0.15, -0.1) is 0 Å². The van der Waals surface area contributed by atoms with Gasteiger partial charge in [0, 0.05) is 63.8 Å². The Hall–Kier alpha value is -1.90. The van der Waals surface area contributed by atoms with E-state index in [1.807, 2.05) is 12.1 Å². The molecule has 2 nitrogen and oxygen atoms in total. The number of hydrogen-bond donors (Lipinski definition) is 0. The fourth-order valence-corrected chi connectivity index (χ4v) is 4.21. The number of hydrogen-bond acceptors (Lipinski definition) is 0. The van der Waals surface area contributed by atoms with Crippen molar-refractivity contribution in [2.45, 2.75) is 20.3 Å². The molecule has 4 rings (SSSR count). The van der Waals surface area contributed by atoms with Crippen molar-refractivity contribution in [1.29, 1.82) is 0 Å². The normalized spacial score (nSPS) is 11.8. The number of nitrogens with zero attached hydrogens (tertiary/aromatic N) is 2. The van der Waals surface area contributed by atoms with E-state index in [4.69, 9.17) is 23.2 Å². The molecule has 0 radical (unpaired) electrons. The molecule has 128 valence electrons. The molecule has 0 fully saturated rings. The Morgan fingerprint density at radius 2 is 1.12 bits per heavy atom. The van der Waals surface area contributed by atoms with Crippen LogP contribution in [-0.4, -0.2) is 9.13 Å². The van der Waals surface area contributed by atoms with E-state index >= 15 is 0 Å². The summed E-state index contributed by atoms with van der Waals surface area (Å²) in [5, 5.41) is 4.01. The molecule has 0 aliphatic carbocycles. The van der Waals surface area contributed by atoms with Crippen molar-refractivity contribution in [1.82, 2.24) is 9.13 Å². The van der Waals surface area contributed by atoms with Gasteiger partial charge in [0.25, 0.3) is 0 Å². The molecule has 2 aromatic carbocycles. The van der Waals surface area contributed by atoms with E-state index in [1.165, 1.54) is 44.3 Å². The molecule has 25 heavy (non-hydrogen) atoms. The summed E-state index contributed by atoms with van der Waals surface area (Å²) in [6, 6.07) is 12.3. The third-order valence-electron chi connectivity index (χ3n) is 5.52. The first-order valence-corrected chi connectivity index (χ1v) is 9.11. The highest BCUT2D eigenvalue weighted by atomic mass is 35.5. The van der Waals surface area contributed by atoms with Crippen LogP contribution in [0.2, 0.25) is 10.0 Å². The standard InChI is InChI=1S/C21H20Cl2N2/c1-12-16(18-9-14(22)5-7-20(18)24(12)3)11-17-13(2)25(4)21-8-6-15(23)10-19(17)21/h5-10H,11H2,1-4H3. The van der Waals surface area contributed by atoms with Gasteiger partial charge in [-0.3, -0.25) is 0 Å². The molecule has 0 aliphatic rings. The van der Waals surface area contributed by atoms with Crippen LogP contribution in [0.5, 0.6) is 0 Å². The number of fused-ring (bicyclic) bond motifs is 2. The summed E-state index contributed by atoms with van der Waals surface area (Å²) in [6.07, 6.45) is 0.868. The van der Waals surface area contributed by atoms with Crippen molar-refractivity contribution in [2.24, 2.45) is 14.1 Å². The van der Waals surface area contributed by atoms with Crippen molar-refractivity contribution >= 4 is 45.0 Å². The van der Waals surface area contributed by atoms with Gasteiger partial charge < -0.3 is 9.13 Å². The Labute approximate surface area is 157 Å². The first-order chi connectivity index (χ1) is 11.9. The smallest absolute Gasteiger partial charge is 0.0483 e. The summed E-state index contributed by atoms with van der Waals surface area (Å²) < 4.78 is 4.49. The van der Waals surface area contributed by atoms with E-state index in [9.17, 15) is 0 Å². The van der Waals surface area contributed by atoms with E-state index in [0.29, 0.717) is 0 Å². The van der Waals surface area contributed by atoms with Gasteiger partial charge in [0.05, 0.1) is 0 Å². The Bertz CT molecular complexity index is 1040. The lowest BCUT2D eigenvalue weighted by atomic mass is 9.99. The van der Waals surface area contributed by atoms with Crippen LogP contribution in [0.3, 0.4) is 0 Å². The highest BCUT2D eigenvalue weighted by molar-refractivity contribution is 6.31. The molecular weight excluding hydrogens is 351 g/mol. The summed E-state index contributed by atoms with van der Waals surface area (Å²) >= 11 is 12.6. The highest BCUT2D eigenvalue weighted by Crippen LogP contribution is 2.34. The lowest BCUT2D eigenvalue weighted by molar-refractivity contribution is 0.889. The summed E-state index contributed by atoms with van der Waals surface area (Å²) in [5.41, 5.74) is 7.64. The zero-order valence-corrected chi connectivity index (χ0v) is 16.3. The second-order valence-electron chi connectivity index (χ2n) is 6.75. The molecule has 0 atom stereocenters. The molecule has 0 unspecified atom stereocenters. The Morgan fingerprint density at radius 3 is 1.52 bits per heavy atom. The maximum Gasteiger partial charge on any atom is 0.0483 e. The van der Waals surface area contributed by atoms with Gasteiger partial charge in [0.1, 0.15) is 0 Å². The van der Waals surface area contributed by atoms with Gasteiger partial charge in [-0.25, -0.2) is 0 Å². The largest absolute Gasteiger partial charge is 0.348 e. The van der Waals surface area contributed by atoms with Crippen LogP contribution in [0.1, 0.15) is 22.5 Å². The number of halogens is 2. The summed E-state index contributed by atoms with van der Waals surface area (Å²) in [6.45, 7) is 4.35. The van der Waals surface area contributed by atoms with Crippen LogP contribution in [0.15, 0.2) is 36.4 Å². The number of rotatable bonds is 2. The van der Waals surface area contributed by atoms with Crippen LogP contribution in [0.25, 0.3) is 21.8 Å². The number of benzene rings is 2. The molecule has 0 saturated heterocycles. The quantitative estimate of drug-likeness (QED) is 0.398. The van der Waals surface area contributed by atoms with Crippen LogP contribution in [-0.2, 0) is 20.5 Å². The van der Waals surface area contributed by atoms with E-state index < -0.39 is 0 Å². The van der Waals surface area contributed by atoms with E-state index in [-0.39, 0.29) is 0 Å².